The third kappa shape index (κ3) is 6.08. The van der Waals surface area contributed by atoms with Gasteiger partial charge in [0.15, 0.2) is 0 Å². The molecule has 0 radical (unpaired) electrons. The van der Waals surface area contributed by atoms with Crippen molar-refractivity contribution in [3.8, 4) is 5.75 Å². The SMILES string of the molecule is COc1cccc(CN(C(=O)Cc2ccc(F)cc2)[C@@H](C)C(=O)NC(C)C)c1. The lowest BCUT2D eigenvalue weighted by Gasteiger charge is -2.29. The van der Waals surface area contributed by atoms with Crippen molar-refractivity contribution in [2.45, 2.75) is 45.8 Å². The summed E-state index contributed by atoms with van der Waals surface area (Å²) in [6, 6.07) is 12.5. The van der Waals surface area contributed by atoms with E-state index in [0.717, 1.165) is 5.56 Å². The minimum Gasteiger partial charge on any atom is -0.497 e. The third-order valence-corrected chi connectivity index (χ3v) is 4.35. The van der Waals surface area contributed by atoms with Crippen LogP contribution in [0.1, 0.15) is 31.9 Å². The van der Waals surface area contributed by atoms with Crippen molar-refractivity contribution >= 4 is 11.8 Å². The lowest BCUT2D eigenvalue weighted by atomic mass is 10.1. The van der Waals surface area contributed by atoms with Gasteiger partial charge < -0.3 is 15.0 Å². The lowest BCUT2D eigenvalue weighted by molar-refractivity contribution is -0.140. The van der Waals surface area contributed by atoms with E-state index in [1.165, 1.54) is 17.0 Å². The smallest absolute Gasteiger partial charge is 0.242 e. The number of methoxy groups -OCH3 is 1. The number of hydrogen-bond donors (Lipinski definition) is 1. The van der Waals surface area contributed by atoms with Crippen molar-refractivity contribution in [2.75, 3.05) is 7.11 Å². The maximum atomic E-state index is 13.1. The number of halogens is 1. The van der Waals surface area contributed by atoms with Crippen LogP contribution in [0.15, 0.2) is 48.5 Å². The van der Waals surface area contributed by atoms with Crippen LogP contribution in [0.3, 0.4) is 0 Å². The number of nitrogens with one attached hydrogen (secondary N) is 1. The Kier molecular flexibility index (Phi) is 7.55. The molecule has 2 amide bonds. The van der Waals surface area contributed by atoms with Crippen LogP contribution in [0.2, 0.25) is 0 Å². The molecule has 6 heteroatoms. The van der Waals surface area contributed by atoms with Crippen molar-refractivity contribution in [2.24, 2.45) is 0 Å². The van der Waals surface area contributed by atoms with Gasteiger partial charge in [-0.3, -0.25) is 9.59 Å². The first kappa shape index (κ1) is 21.4. The Morgan fingerprint density at radius 1 is 1.07 bits per heavy atom. The normalized spacial score (nSPS) is 11.8. The molecule has 2 rings (SSSR count). The van der Waals surface area contributed by atoms with Gasteiger partial charge in [-0.1, -0.05) is 24.3 Å². The summed E-state index contributed by atoms with van der Waals surface area (Å²) in [6.07, 6.45) is 0.0869. The van der Waals surface area contributed by atoms with E-state index < -0.39 is 6.04 Å². The summed E-state index contributed by atoms with van der Waals surface area (Å²) in [4.78, 5) is 27.1. The van der Waals surface area contributed by atoms with E-state index in [0.29, 0.717) is 11.3 Å². The van der Waals surface area contributed by atoms with Crippen molar-refractivity contribution in [3.63, 3.8) is 0 Å². The monoisotopic (exact) mass is 386 g/mol. The van der Waals surface area contributed by atoms with E-state index in [1.54, 1.807) is 26.2 Å². The van der Waals surface area contributed by atoms with Gasteiger partial charge in [0.05, 0.1) is 13.5 Å². The number of benzene rings is 2. The molecule has 0 fully saturated rings. The van der Waals surface area contributed by atoms with E-state index in [4.69, 9.17) is 4.74 Å². The van der Waals surface area contributed by atoms with Gasteiger partial charge in [-0.05, 0) is 56.2 Å². The Morgan fingerprint density at radius 3 is 2.36 bits per heavy atom. The van der Waals surface area contributed by atoms with Crippen molar-refractivity contribution in [1.82, 2.24) is 10.2 Å². The second-order valence-electron chi connectivity index (χ2n) is 7.02. The van der Waals surface area contributed by atoms with Crippen molar-refractivity contribution in [3.05, 3.63) is 65.5 Å². The molecule has 2 aromatic rings. The summed E-state index contributed by atoms with van der Waals surface area (Å²) in [5, 5.41) is 2.85. The van der Waals surface area contributed by atoms with Crippen LogP contribution < -0.4 is 10.1 Å². The molecule has 1 N–H and O–H groups in total. The highest BCUT2D eigenvalue weighted by Gasteiger charge is 2.26. The van der Waals surface area contributed by atoms with Crippen LogP contribution in [0, 0.1) is 5.82 Å². The van der Waals surface area contributed by atoms with Gasteiger partial charge in [0.2, 0.25) is 11.8 Å². The van der Waals surface area contributed by atoms with Crippen LogP contribution in [-0.4, -0.2) is 35.9 Å². The molecule has 0 bridgehead atoms. The summed E-state index contributed by atoms with van der Waals surface area (Å²) < 4.78 is 18.4. The minimum atomic E-state index is -0.651. The van der Waals surface area contributed by atoms with E-state index in [1.807, 2.05) is 38.1 Å². The first-order chi connectivity index (χ1) is 13.3. The quantitative estimate of drug-likeness (QED) is 0.757. The van der Waals surface area contributed by atoms with Crippen LogP contribution in [0.4, 0.5) is 4.39 Å². The Labute approximate surface area is 165 Å². The van der Waals surface area contributed by atoms with Gasteiger partial charge in [-0.2, -0.15) is 0 Å². The standard InChI is InChI=1S/C22H27FN2O3/c1-15(2)24-22(27)16(3)25(14-18-6-5-7-20(12-18)28-4)21(26)13-17-8-10-19(23)11-9-17/h5-12,15-16H,13-14H2,1-4H3,(H,24,27)/t16-/m0/s1. The van der Waals surface area contributed by atoms with Crippen molar-refractivity contribution < 1.29 is 18.7 Å². The fourth-order valence-corrected chi connectivity index (χ4v) is 2.83. The Bertz CT molecular complexity index is 806. The highest BCUT2D eigenvalue weighted by atomic mass is 19.1. The topological polar surface area (TPSA) is 58.6 Å². The number of rotatable bonds is 8. The number of carbonyl (C=O) groups excluding carboxylic acids is 2. The summed E-state index contributed by atoms with van der Waals surface area (Å²) in [5.74, 6) is -0.0944. The number of amides is 2. The zero-order chi connectivity index (χ0) is 20.7. The third-order valence-electron chi connectivity index (χ3n) is 4.35. The highest BCUT2D eigenvalue weighted by Crippen LogP contribution is 2.17. The molecule has 2 aromatic carbocycles. The summed E-state index contributed by atoms with van der Waals surface area (Å²) >= 11 is 0. The summed E-state index contributed by atoms with van der Waals surface area (Å²) in [6.45, 7) is 5.72. The molecule has 0 spiro atoms. The van der Waals surface area contributed by atoms with Gasteiger partial charge >= 0.3 is 0 Å². The number of carbonyl (C=O) groups is 2. The molecule has 5 nitrogen and oxygen atoms in total. The largest absolute Gasteiger partial charge is 0.497 e. The van der Waals surface area contributed by atoms with Crippen LogP contribution >= 0.6 is 0 Å². The second-order valence-corrected chi connectivity index (χ2v) is 7.02. The number of hydrogen-bond acceptors (Lipinski definition) is 3. The molecule has 150 valence electrons. The van der Waals surface area contributed by atoms with Gasteiger partial charge in [-0.25, -0.2) is 4.39 Å². The molecular weight excluding hydrogens is 359 g/mol. The van der Waals surface area contributed by atoms with E-state index in [2.05, 4.69) is 5.32 Å². The molecule has 0 unspecified atom stereocenters. The molecule has 1 atom stereocenters. The molecule has 0 saturated heterocycles. The molecule has 0 saturated carbocycles. The molecule has 0 aliphatic carbocycles. The fraction of sp³-hybridized carbons (Fsp3) is 0.364. The van der Waals surface area contributed by atoms with Gasteiger partial charge in [-0.15, -0.1) is 0 Å². The second kappa shape index (κ2) is 9.88. The molecular formula is C22H27FN2O3. The zero-order valence-corrected chi connectivity index (χ0v) is 16.7. The lowest BCUT2D eigenvalue weighted by Crippen LogP contribution is -2.49. The van der Waals surface area contributed by atoms with Gasteiger partial charge in [0, 0.05) is 12.6 Å². The van der Waals surface area contributed by atoms with E-state index in [-0.39, 0.29) is 36.6 Å². The maximum absolute atomic E-state index is 13.1. The van der Waals surface area contributed by atoms with Crippen LogP contribution in [-0.2, 0) is 22.6 Å². The number of nitrogens with zero attached hydrogens (tertiary/aromatic N) is 1. The van der Waals surface area contributed by atoms with Crippen molar-refractivity contribution in [1.29, 1.82) is 0 Å². The number of ether oxygens (including phenoxy) is 1. The predicted molar refractivity (Wildman–Crippen MR) is 106 cm³/mol. The molecule has 0 heterocycles. The molecule has 0 aliphatic heterocycles. The van der Waals surface area contributed by atoms with E-state index in [9.17, 15) is 14.0 Å². The van der Waals surface area contributed by atoms with Gasteiger partial charge in [0.1, 0.15) is 17.6 Å². The van der Waals surface area contributed by atoms with Gasteiger partial charge in [0.25, 0.3) is 0 Å². The molecule has 28 heavy (non-hydrogen) atoms. The molecule has 0 aliphatic rings. The van der Waals surface area contributed by atoms with Crippen LogP contribution in [0.5, 0.6) is 5.75 Å². The first-order valence-electron chi connectivity index (χ1n) is 9.27. The minimum absolute atomic E-state index is 0.0270. The zero-order valence-electron chi connectivity index (χ0n) is 16.7. The Morgan fingerprint density at radius 2 is 1.75 bits per heavy atom. The Balaban J connectivity index is 2.24. The first-order valence-corrected chi connectivity index (χ1v) is 9.27. The highest BCUT2D eigenvalue weighted by molar-refractivity contribution is 5.88. The van der Waals surface area contributed by atoms with Crippen LogP contribution in [0.25, 0.3) is 0 Å². The summed E-state index contributed by atoms with van der Waals surface area (Å²) in [5.41, 5.74) is 1.55. The predicted octanol–water partition coefficient (Wildman–Crippen LogP) is 3.32. The Hall–Kier alpha value is -2.89. The molecule has 0 aromatic heterocycles. The summed E-state index contributed by atoms with van der Waals surface area (Å²) in [7, 11) is 1.58. The average Bonchev–Trinajstić information content (AvgIpc) is 2.67. The fourth-order valence-electron chi connectivity index (χ4n) is 2.83. The maximum Gasteiger partial charge on any atom is 0.242 e. The average molecular weight is 386 g/mol. The van der Waals surface area contributed by atoms with E-state index >= 15 is 0 Å².